The number of likely N-dealkylation sites (tertiary alicyclic amines) is 1. The van der Waals surface area contributed by atoms with Crippen LogP contribution in [0.15, 0.2) is 30.5 Å². The van der Waals surface area contributed by atoms with E-state index in [1.54, 1.807) is 6.92 Å². The molecule has 2 heterocycles. The number of benzene rings is 1. The maximum atomic E-state index is 12.1. The molecule has 1 saturated heterocycles. The van der Waals surface area contributed by atoms with Gasteiger partial charge in [0.1, 0.15) is 0 Å². The lowest BCUT2D eigenvalue weighted by Gasteiger charge is -2.16. The van der Waals surface area contributed by atoms with Gasteiger partial charge in [-0.05, 0) is 35.1 Å². The Bertz CT molecular complexity index is 680. The molecule has 1 aromatic carbocycles. The Labute approximate surface area is 127 Å². The quantitative estimate of drug-likeness (QED) is 0.945. The van der Waals surface area contributed by atoms with Crippen LogP contribution in [-0.4, -0.2) is 33.2 Å². The molecule has 1 aliphatic heterocycles. The minimum Gasteiger partial charge on any atom is -0.361 e. The number of hydrogen-bond acceptors (Lipinski definition) is 3. The van der Waals surface area contributed by atoms with E-state index in [4.69, 9.17) is 0 Å². The summed E-state index contributed by atoms with van der Waals surface area (Å²) in [7, 11) is 0. The number of thioether (sulfide) groups is 1. The van der Waals surface area contributed by atoms with Crippen molar-refractivity contribution >= 4 is 33.7 Å². The van der Waals surface area contributed by atoms with Crippen molar-refractivity contribution in [3.63, 3.8) is 0 Å². The van der Waals surface area contributed by atoms with Crippen molar-refractivity contribution in [1.29, 1.82) is 0 Å². The van der Waals surface area contributed by atoms with Gasteiger partial charge in [0.2, 0.25) is 5.91 Å². The zero-order valence-electron chi connectivity index (χ0n) is 12.0. The molecule has 0 bridgehead atoms. The molecule has 21 heavy (non-hydrogen) atoms. The monoisotopic (exact) mass is 302 g/mol. The summed E-state index contributed by atoms with van der Waals surface area (Å²) in [4.78, 5) is 28.2. The molecule has 110 valence electrons. The lowest BCUT2D eigenvalue weighted by molar-refractivity contribution is -0.128. The Kier molecular flexibility index (Phi) is 4.01. The molecule has 5 heteroatoms. The fourth-order valence-corrected chi connectivity index (χ4v) is 3.47. The van der Waals surface area contributed by atoms with Gasteiger partial charge in [0, 0.05) is 43.9 Å². The van der Waals surface area contributed by atoms with Gasteiger partial charge in [0.05, 0.1) is 0 Å². The fourth-order valence-electron chi connectivity index (χ4n) is 2.78. The summed E-state index contributed by atoms with van der Waals surface area (Å²) in [6.45, 7) is 2.98. The van der Waals surface area contributed by atoms with Crippen LogP contribution in [0.1, 0.15) is 18.9 Å². The molecule has 0 saturated carbocycles. The Morgan fingerprint density at radius 3 is 3.10 bits per heavy atom. The summed E-state index contributed by atoms with van der Waals surface area (Å²) in [6, 6.07) is 8.27. The predicted molar refractivity (Wildman–Crippen MR) is 85.0 cm³/mol. The molecule has 1 unspecified atom stereocenters. The summed E-state index contributed by atoms with van der Waals surface area (Å²) in [5, 5.41) is 1.29. The first-order valence-electron chi connectivity index (χ1n) is 7.09. The van der Waals surface area contributed by atoms with Crippen LogP contribution >= 0.6 is 11.8 Å². The highest BCUT2D eigenvalue weighted by Gasteiger charge is 2.29. The normalized spacial score (nSPS) is 18.6. The zero-order valence-corrected chi connectivity index (χ0v) is 12.8. The fraction of sp³-hybridized carbons (Fsp3) is 0.375. The van der Waals surface area contributed by atoms with Crippen molar-refractivity contribution in [1.82, 2.24) is 9.88 Å². The number of aromatic amines is 1. The molecule has 0 spiro atoms. The van der Waals surface area contributed by atoms with Crippen LogP contribution in [0.2, 0.25) is 0 Å². The van der Waals surface area contributed by atoms with E-state index in [0.29, 0.717) is 18.9 Å². The third-order valence-electron chi connectivity index (χ3n) is 3.81. The average Bonchev–Trinajstić information content (AvgIpc) is 3.03. The molecule has 1 amide bonds. The number of aromatic nitrogens is 1. The number of carbonyl (C=O) groups excluding carboxylic acids is 2. The lowest BCUT2D eigenvalue weighted by atomic mass is 10.1. The van der Waals surface area contributed by atoms with Crippen LogP contribution in [0, 0.1) is 5.92 Å². The number of H-pyrrole nitrogens is 1. The number of carbonyl (C=O) groups is 2. The van der Waals surface area contributed by atoms with Gasteiger partial charge in [-0.3, -0.25) is 9.59 Å². The van der Waals surface area contributed by atoms with Crippen molar-refractivity contribution in [2.24, 2.45) is 5.92 Å². The molecule has 1 N–H and O–H groups in total. The van der Waals surface area contributed by atoms with Crippen LogP contribution in [0.25, 0.3) is 10.9 Å². The van der Waals surface area contributed by atoms with E-state index in [1.807, 2.05) is 23.2 Å². The molecule has 1 aromatic heterocycles. The minimum atomic E-state index is 0.124. The number of nitrogens with one attached hydrogen (secondary N) is 1. The first-order valence-corrected chi connectivity index (χ1v) is 8.07. The molecule has 0 aliphatic carbocycles. The van der Waals surface area contributed by atoms with Crippen molar-refractivity contribution in [3.8, 4) is 0 Å². The molecule has 3 rings (SSSR count). The first-order chi connectivity index (χ1) is 10.1. The van der Waals surface area contributed by atoms with Gasteiger partial charge in [-0.25, -0.2) is 0 Å². The minimum absolute atomic E-state index is 0.124. The number of hydrogen-bond donors (Lipinski definition) is 1. The lowest BCUT2D eigenvalue weighted by Crippen LogP contribution is -2.24. The molecule has 1 fully saturated rings. The van der Waals surface area contributed by atoms with E-state index in [-0.39, 0.29) is 11.0 Å². The van der Waals surface area contributed by atoms with Gasteiger partial charge in [-0.15, -0.1) is 0 Å². The van der Waals surface area contributed by atoms with Crippen LogP contribution in [0.3, 0.4) is 0 Å². The highest BCUT2D eigenvalue weighted by molar-refractivity contribution is 8.13. The van der Waals surface area contributed by atoms with E-state index in [1.165, 1.54) is 17.1 Å². The largest absolute Gasteiger partial charge is 0.361 e. The summed E-state index contributed by atoms with van der Waals surface area (Å²) in [6.07, 6.45) is 2.48. The SMILES string of the molecule is CC(=O)SCC1CC(=O)N(Cc2ccc3[nH]ccc3c2)C1. The molecular weight excluding hydrogens is 284 g/mol. The second-order valence-electron chi connectivity index (χ2n) is 5.55. The number of nitrogens with zero attached hydrogens (tertiary/aromatic N) is 1. The third-order valence-corrected chi connectivity index (χ3v) is 4.85. The van der Waals surface area contributed by atoms with E-state index in [9.17, 15) is 9.59 Å². The predicted octanol–water partition coefficient (Wildman–Crippen LogP) is 2.80. The molecule has 0 radical (unpaired) electrons. The number of fused-ring (bicyclic) bond motifs is 1. The standard InChI is InChI=1S/C16H18N2O2S/c1-11(19)21-10-13-7-16(20)18(9-13)8-12-2-3-15-14(6-12)4-5-17-15/h2-6,13,17H,7-10H2,1H3. The molecule has 2 aromatic rings. The van der Waals surface area contributed by atoms with Crippen molar-refractivity contribution in [2.75, 3.05) is 12.3 Å². The second kappa shape index (κ2) is 5.93. The maximum Gasteiger partial charge on any atom is 0.223 e. The van der Waals surface area contributed by atoms with Crippen LogP contribution in [0.4, 0.5) is 0 Å². The van der Waals surface area contributed by atoms with E-state index in [0.717, 1.165) is 23.4 Å². The topological polar surface area (TPSA) is 53.2 Å². The van der Waals surface area contributed by atoms with Gasteiger partial charge in [0.15, 0.2) is 5.12 Å². The van der Waals surface area contributed by atoms with Crippen molar-refractivity contribution in [2.45, 2.75) is 19.9 Å². The Morgan fingerprint density at radius 2 is 2.29 bits per heavy atom. The van der Waals surface area contributed by atoms with Crippen LogP contribution in [-0.2, 0) is 16.1 Å². The smallest absolute Gasteiger partial charge is 0.223 e. The second-order valence-corrected chi connectivity index (χ2v) is 6.74. The summed E-state index contributed by atoms with van der Waals surface area (Å²) < 4.78 is 0. The van der Waals surface area contributed by atoms with Gasteiger partial charge >= 0.3 is 0 Å². The van der Waals surface area contributed by atoms with Gasteiger partial charge in [-0.2, -0.15) is 0 Å². The van der Waals surface area contributed by atoms with E-state index in [2.05, 4.69) is 17.1 Å². The van der Waals surface area contributed by atoms with Gasteiger partial charge in [-0.1, -0.05) is 17.8 Å². The Hall–Kier alpha value is -1.75. The van der Waals surface area contributed by atoms with Crippen LogP contribution < -0.4 is 0 Å². The zero-order chi connectivity index (χ0) is 14.8. The van der Waals surface area contributed by atoms with Gasteiger partial charge < -0.3 is 9.88 Å². The highest BCUT2D eigenvalue weighted by atomic mass is 32.2. The first kappa shape index (κ1) is 14.2. The highest BCUT2D eigenvalue weighted by Crippen LogP contribution is 2.24. The third kappa shape index (κ3) is 3.29. The molecule has 1 atom stereocenters. The van der Waals surface area contributed by atoms with Crippen molar-refractivity contribution < 1.29 is 9.59 Å². The Balaban J connectivity index is 1.64. The van der Waals surface area contributed by atoms with E-state index >= 15 is 0 Å². The molecule has 1 aliphatic rings. The number of rotatable bonds is 4. The molecule has 4 nitrogen and oxygen atoms in total. The number of amides is 1. The maximum absolute atomic E-state index is 12.1. The summed E-state index contributed by atoms with van der Waals surface area (Å²) in [5.41, 5.74) is 2.26. The summed E-state index contributed by atoms with van der Waals surface area (Å²) in [5.74, 6) is 1.23. The summed E-state index contributed by atoms with van der Waals surface area (Å²) >= 11 is 1.32. The van der Waals surface area contributed by atoms with E-state index < -0.39 is 0 Å². The average molecular weight is 302 g/mol. The molecular formula is C16H18N2O2S. The van der Waals surface area contributed by atoms with Crippen LogP contribution in [0.5, 0.6) is 0 Å². The van der Waals surface area contributed by atoms with Crippen molar-refractivity contribution in [3.05, 3.63) is 36.0 Å². The Morgan fingerprint density at radius 1 is 1.43 bits per heavy atom. The van der Waals surface area contributed by atoms with Gasteiger partial charge in [0.25, 0.3) is 0 Å².